The van der Waals surface area contributed by atoms with Crippen molar-refractivity contribution in [2.75, 3.05) is 18.0 Å². The first-order chi connectivity index (χ1) is 9.77. The van der Waals surface area contributed by atoms with Crippen LogP contribution in [-0.4, -0.2) is 41.3 Å². The SMILES string of the molecule is C[C@@H]1CN(C(=O)O)C[C@@H]2Cc3ccc(C(F)(F)F)cc3N21. The van der Waals surface area contributed by atoms with E-state index >= 15 is 0 Å². The van der Waals surface area contributed by atoms with E-state index in [1.165, 1.54) is 17.0 Å². The Morgan fingerprint density at radius 1 is 1.33 bits per heavy atom. The van der Waals surface area contributed by atoms with Gasteiger partial charge in [-0.15, -0.1) is 0 Å². The van der Waals surface area contributed by atoms with Crippen LogP contribution in [0.15, 0.2) is 18.2 Å². The molecule has 3 rings (SSSR count). The fourth-order valence-electron chi connectivity index (χ4n) is 3.34. The first kappa shape index (κ1) is 14.0. The molecule has 4 nitrogen and oxygen atoms in total. The minimum Gasteiger partial charge on any atom is -0.465 e. The van der Waals surface area contributed by atoms with Crippen molar-refractivity contribution in [2.24, 2.45) is 0 Å². The van der Waals surface area contributed by atoms with Crippen molar-refractivity contribution in [1.29, 1.82) is 0 Å². The molecule has 0 unspecified atom stereocenters. The molecule has 0 saturated carbocycles. The molecule has 0 aromatic heterocycles. The van der Waals surface area contributed by atoms with Gasteiger partial charge in [-0.1, -0.05) is 6.07 Å². The maximum Gasteiger partial charge on any atom is 0.416 e. The number of rotatable bonds is 0. The number of nitrogens with zero attached hydrogens (tertiary/aromatic N) is 2. The summed E-state index contributed by atoms with van der Waals surface area (Å²) in [5.74, 6) is 0. The first-order valence-corrected chi connectivity index (χ1v) is 6.73. The topological polar surface area (TPSA) is 43.8 Å². The van der Waals surface area contributed by atoms with Crippen molar-refractivity contribution in [3.63, 3.8) is 0 Å². The molecule has 0 spiro atoms. The lowest BCUT2D eigenvalue weighted by molar-refractivity contribution is -0.137. The summed E-state index contributed by atoms with van der Waals surface area (Å²) in [4.78, 5) is 14.4. The smallest absolute Gasteiger partial charge is 0.416 e. The Morgan fingerprint density at radius 3 is 2.67 bits per heavy atom. The van der Waals surface area contributed by atoms with Gasteiger partial charge in [0.2, 0.25) is 0 Å². The van der Waals surface area contributed by atoms with Crippen LogP contribution in [0.3, 0.4) is 0 Å². The van der Waals surface area contributed by atoms with Crippen molar-refractivity contribution in [1.82, 2.24) is 4.90 Å². The highest BCUT2D eigenvalue weighted by atomic mass is 19.4. The van der Waals surface area contributed by atoms with E-state index in [-0.39, 0.29) is 12.1 Å². The molecule has 0 radical (unpaired) electrons. The number of benzene rings is 1. The van der Waals surface area contributed by atoms with Crippen LogP contribution >= 0.6 is 0 Å². The van der Waals surface area contributed by atoms with Gasteiger partial charge in [0.25, 0.3) is 0 Å². The van der Waals surface area contributed by atoms with E-state index in [0.29, 0.717) is 25.2 Å². The molecule has 21 heavy (non-hydrogen) atoms. The van der Waals surface area contributed by atoms with E-state index in [1.54, 1.807) is 0 Å². The van der Waals surface area contributed by atoms with Crippen molar-refractivity contribution >= 4 is 11.8 Å². The van der Waals surface area contributed by atoms with Gasteiger partial charge in [-0.25, -0.2) is 4.79 Å². The lowest BCUT2D eigenvalue weighted by atomic mass is 10.1. The molecule has 7 heteroatoms. The first-order valence-electron chi connectivity index (χ1n) is 6.73. The van der Waals surface area contributed by atoms with Gasteiger partial charge in [0.15, 0.2) is 0 Å². The third kappa shape index (κ3) is 2.30. The van der Waals surface area contributed by atoms with E-state index < -0.39 is 17.8 Å². The van der Waals surface area contributed by atoms with Crippen LogP contribution < -0.4 is 4.90 Å². The molecular weight excluding hydrogens is 285 g/mol. The number of piperazine rings is 1. The molecule has 2 aliphatic rings. The molecule has 1 amide bonds. The Hall–Kier alpha value is -1.92. The summed E-state index contributed by atoms with van der Waals surface area (Å²) < 4.78 is 38.5. The molecule has 2 aliphatic heterocycles. The van der Waals surface area contributed by atoms with E-state index in [9.17, 15) is 18.0 Å². The van der Waals surface area contributed by atoms with Gasteiger partial charge in [-0.2, -0.15) is 13.2 Å². The van der Waals surface area contributed by atoms with Gasteiger partial charge in [-0.05, 0) is 31.0 Å². The van der Waals surface area contributed by atoms with Crippen LogP contribution in [0.5, 0.6) is 0 Å². The zero-order valence-electron chi connectivity index (χ0n) is 11.4. The zero-order chi connectivity index (χ0) is 15.4. The second-order valence-electron chi connectivity index (χ2n) is 5.64. The van der Waals surface area contributed by atoms with Crippen LogP contribution in [0.25, 0.3) is 0 Å². The average molecular weight is 300 g/mol. The van der Waals surface area contributed by atoms with Gasteiger partial charge in [0.05, 0.1) is 11.6 Å². The van der Waals surface area contributed by atoms with E-state index in [0.717, 1.165) is 11.6 Å². The number of amides is 1. The Kier molecular flexibility index (Phi) is 3.04. The number of hydrogen-bond donors (Lipinski definition) is 1. The molecule has 2 atom stereocenters. The molecular formula is C14H15F3N2O2. The Morgan fingerprint density at radius 2 is 2.05 bits per heavy atom. The minimum atomic E-state index is -4.36. The van der Waals surface area contributed by atoms with Gasteiger partial charge in [0, 0.05) is 24.8 Å². The summed E-state index contributed by atoms with van der Waals surface area (Å²) in [5, 5.41) is 9.10. The summed E-state index contributed by atoms with van der Waals surface area (Å²) in [6.07, 6.45) is -4.76. The number of halogens is 3. The molecule has 1 aromatic rings. The number of alkyl halides is 3. The lowest BCUT2D eigenvalue weighted by Crippen LogP contribution is -2.57. The summed E-state index contributed by atoms with van der Waals surface area (Å²) in [6, 6.07) is 3.57. The van der Waals surface area contributed by atoms with Crippen LogP contribution in [0, 0.1) is 0 Å². The highest BCUT2D eigenvalue weighted by Gasteiger charge is 2.41. The van der Waals surface area contributed by atoms with E-state index in [4.69, 9.17) is 5.11 Å². The lowest BCUT2D eigenvalue weighted by Gasteiger charge is -2.42. The second-order valence-corrected chi connectivity index (χ2v) is 5.64. The number of carbonyl (C=O) groups is 1. The molecule has 1 saturated heterocycles. The number of hydrogen-bond acceptors (Lipinski definition) is 2. The fourth-order valence-corrected chi connectivity index (χ4v) is 3.34. The largest absolute Gasteiger partial charge is 0.465 e. The van der Waals surface area contributed by atoms with Crippen LogP contribution in [-0.2, 0) is 12.6 Å². The van der Waals surface area contributed by atoms with Crippen molar-refractivity contribution in [3.8, 4) is 0 Å². The van der Waals surface area contributed by atoms with Gasteiger partial charge in [0.1, 0.15) is 0 Å². The molecule has 1 N–H and O–H groups in total. The van der Waals surface area contributed by atoms with E-state index in [2.05, 4.69) is 0 Å². The molecule has 2 heterocycles. The molecule has 0 aliphatic carbocycles. The third-order valence-electron chi connectivity index (χ3n) is 4.20. The summed E-state index contributed by atoms with van der Waals surface area (Å²) in [7, 11) is 0. The third-order valence-corrected chi connectivity index (χ3v) is 4.20. The van der Waals surface area contributed by atoms with Gasteiger partial charge >= 0.3 is 12.3 Å². The predicted octanol–water partition coefficient (Wildman–Crippen LogP) is 2.82. The summed E-state index contributed by atoms with van der Waals surface area (Å²) >= 11 is 0. The molecule has 1 aromatic carbocycles. The predicted molar refractivity (Wildman–Crippen MR) is 70.5 cm³/mol. The summed E-state index contributed by atoms with van der Waals surface area (Å²) in [6.45, 7) is 2.48. The number of carboxylic acid groups (broad SMARTS) is 1. The molecule has 0 bridgehead atoms. The Bertz CT molecular complexity index is 588. The highest BCUT2D eigenvalue weighted by Crippen LogP contribution is 2.40. The molecule has 1 fully saturated rings. The zero-order valence-corrected chi connectivity index (χ0v) is 11.4. The van der Waals surface area contributed by atoms with Crippen molar-refractivity contribution in [2.45, 2.75) is 31.6 Å². The Balaban J connectivity index is 1.94. The monoisotopic (exact) mass is 300 g/mol. The van der Waals surface area contributed by atoms with Crippen LogP contribution in [0.4, 0.5) is 23.7 Å². The molecule has 114 valence electrons. The maximum absolute atomic E-state index is 12.8. The highest BCUT2D eigenvalue weighted by molar-refractivity contribution is 5.68. The fraction of sp³-hybridized carbons (Fsp3) is 0.500. The van der Waals surface area contributed by atoms with Crippen molar-refractivity contribution in [3.05, 3.63) is 29.3 Å². The normalized spacial score (nSPS) is 24.8. The maximum atomic E-state index is 12.8. The average Bonchev–Trinajstić information content (AvgIpc) is 2.75. The van der Waals surface area contributed by atoms with Gasteiger partial charge < -0.3 is 14.9 Å². The van der Waals surface area contributed by atoms with Gasteiger partial charge in [-0.3, -0.25) is 0 Å². The van der Waals surface area contributed by atoms with Crippen molar-refractivity contribution < 1.29 is 23.1 Å². The standard InChI is InChI=1S/C14H15F3N2O2/c1-8-6-18(13(20)21)7-11-4-9-2-3-10(14(15,16)17)5-12(9)19(8)11/h2-3,5,8,11H,4,6-7H2,1H3,(H,20,21)/t8-,11+/m1/s1. The van der Waals surface area contributed by atoms with E-state index in [1.807, 2.05) is 11.8 Å². The van der Waals surface area contributed by atoms with Crippen LogP contribution in [0.1, 0.15) is 18.1 Å². The quantitative estimate of drug-likeness (QED) is 0.801. The second kappa shape index (κ2) is 4.54. The number of anilines is 1. The minimum absolute atomic E-state index is 0.0802. The Labute approximate surface area is 119 Å². The summed E-state index contributed by atoms with van der Waals surface area (Å²) in [5.41, 5.74) is 0.786. The van der Waals surface area contributed by atoms with Crippen LogP contribution in [0.2, 0.25) is 0 Å². The number of fused-ring (bicyclic) bond motifs is 3.